The number of nitrogens with two attached hydrogens (primary N) is 1. The molecule has 1 rings (SSSR count). The smallest absolute Gasteiger partial charge is 0.355 e. The fourth-order valence-electron chi connectivity index (χ4n) is 1.73. The Hall–Kier alpha value is -1.45. The first-order valence-corrected chi connectivity index (χ1v) is 6.31. The van der Waals surface area contributed by atoms with Crippen LogP contribution in [0.4, 0.5) is 5.69 Å². The van der Waals surface area contributed by atoms with E-state index in [1.165, 1.54) is 12.8 Å². The molecule has 0 saturated carbocycles. The van der Waals surface area contributed by atoms with E-state index in [9.17, 15) is 4.79 Å². The lowest BCUT2D eigenvalue weighted by atomic mass is 10.2. The minimum atomic E-state index is -0.278. The number of carbonyl (C=O) groups excluding carboxylic acids is 1. The number of anilines is 1. The minimum Gasteiger partial charge on any atom is -0.461 e. The van der Waals surface area contributed by atoms with E-state index in [1.807, 2.05) is 11.5 Å². The van der Waals surface area contributed by atoms with Crippen LogP contribution in [-0.4, -0.2) is 17.1 Å². The molecule has 0 aromatic carbocycles. The van der Waals surface area contributed by atoms with Gasteiger partial charge >= 0.3 is 5.97 Å². The standard InChI is InChI=1S/C13H22N2O2/c1-3-5-6-7-8-17-13(16)12-9-11(14)10-15(12)4-2/h9-10H,3-8,14H2,1-2H3. The highest BCUT2D eigenvalue weighted by molar-refractivity contribution is 5.89. The number of nitrogens with zero attached hydrogens (tertiary/aromatic N) is 1. The van der Waals surface area contributed by atoms with Gasteiger partial charge in [-0.25, -0.2) is 4.79 Å². The Morgan fingerprint density at radius 1 is 1.35 bits per heavy atom. The van der Waals surface area contributed by atoms with Crippen molar-refractivity contribution in [1.82, 2.24) is 4.57 Å². The second kappa shape index (κ2) is 6.99. The predicted octanol–water partition coefficient (Wildman–Crippen LogP) is 2.83. The molecule has 0 spiro atoms. The fraction of sp³-hybridized carbons (Fsp3) is 0.615. The quantitative estimate of drug-likeness (QED) is 0.587. The van der Waals surface area contributed by atoms with Gasteiger partial charge in [0.2, 0.25) is 0 Å². The largest absolute Gasteiger partial charge is 0.461 e. The topological polar surface area (TPSA) is 57.2 Å². The lowest BCUT2D eigenvalue weighted by Crippen LogP contribution is -2.11. The van der Waals surface area contributed by atoms with Crippen molar-refractivity contribution in [3.05, 3.63) is 18.0 Å². The molecular formula is C13H22N2O2. The van der Waals surface area contributed by atoms with Crippen molar-refractivity contribution >= 4 is 11.7 Å². The number of aromatic nitrogens is 1. The molecule has 1 heterocycles. The molecule has 0 aliphatic heterocycles. The SMILES string of the molecule is CCCCCCOC(=O)c1cc(N)cn1CC. The molecule has 0 radical (unpaired) electrons. The fourth-order valence-corrected chi connectivity index (χ4v) is 1.73. The summed E-state index contributed by atoms with van der Waals surface area (Å²) in [6.07, 6.45) is 6.18. The summed E-state index contributed by atoms with van der Waals surface area (Å²) in [7, 11) is 0. The highest BCUT2D eigenvalue weighted by atomic mass is 16.5. The molecule has 4 heteroatoms. The van der Waals surface area contributed by atoms with Crippen LogP contribution in [0.1, 0.15) is 50.0 Å². The van der Waals surface area contributed by atoms with Crippen LogP contribution in [0, 0.1) is 0 Å². The van der Waals surface area contributed by atoms with Gasteiger partial charge in [0.15, 0.2) is 0 Å². The van der Waals surface area contributed by atoms with Crippen molar-refractivity contribution in [2.24, 2.45) is 0 Å². The molecule has 0 fully saturated rings. The van der Waals surface area contributed by atoms with Gasteiger partial charge in [-0.05, 0) is 19.4 Å². The van der Waals surface area contributed by atoms with Crippen molar-refractivity contribution in [3.63, 3.8) is 0 Å². The molecule has 2 N–H and O–H groups in total. The third-order valence-corrected chi connectivity index (χ3v) is 2.70. The van der Waals surface area contributed by atoms with E-state index in [0.29, 0.717) is 18.0 Å². The van der Waals surface area contributed by atoms with E-state index in [-0.39, 0.29) is 5.97 Å². The van der Waals surface area contributed by atoms with Crippen molar-refractivity contribution in [1.29, 1.82) is 0 Å². The molecule has 0 aliphatic carbocycles. The van der Waals surface area contributed by atoms with Crippen LogP contribution in [0.3, 0.4) is 0 Å². The highest BCUT2D eigenvalue weighted by Crippen LogP contribution is 2.12. The Morgan fingerprint density at radius 3 is 2.76 bits per heavy atom. The molecule has 96 valence electrons. The van der Waals surface area contributed by atoms with E-state index in [4.69, 9.17) is 10.5 Å². The van der Waals surface area contributed by atoms with Gasteiger partial charge < -0.3 is 15.0 Å². The average Bonchev–Trinajstić information content (AvgIpc) is 2.70. The van der Waals surface area contributed by atoms with Crippen LogP contribution in [0.5, 0.6) is 0 Å². The number of hydrogen-bond acceptors (Lipinski definition) is 3. The normalized spacial score (nSPS) is 10.5. The Morgan fingerprint density at radius 2 is 2.12 bits per heavy atom. The molecule has 0 unspecified atom stereocenters. The molecule has 0 saturated heterocycles. The molecule has 0 atom stereocenters. The van der Waals surface area contributed by atoms with Crippen molar-refractivity contribution in [2.45, 2.75) is 46.1 Å². The summed E-state index contributed by atoms with van der Waals surface area (Å²) in [6.45, 7) is 5.34. The lowest BCUT2D eigenvalue weighted by molar-refractivity contribution is 0.0485. The zero-order valence-corrected chi connectivity index (χ0v) is 10.7. The Balaban J connectivity index is 2.41. The van der Waals surface area contributed by atoms with E-state index in [0.717, 1.165) is 19.4 Å². The lowest BCUT2D eigenvalue weighted by Gasteiger charge is -2.06. The van der Waals surface area contributed by atoms with Gasteiger partial charge in [-0.15, -0.1) is 0 Å². The van der Waals surface area contributed by atoms with Crippen molar-refractivity contribution < 1.29 is 9.53 Å². The Labute approximate surface area is 103 Å². The number of unbranched alkanes of at least 4 members (excludes halogenated alkanes) is 3. The molecule has 1 aromatic heterocycles. The second-order valence-corrected chi connectivity index (χ2v) is 4.14. The van der Waals surface area contributed by atoms with Crippen LogP contribution >= 0.6 is 0 Å². The first-order chi connectivity index (χ1) is 8.19. The van der Waals surface area contributed by atoms with Gasteiger partial charge in [0, 0.05) is 12.7 Å². The first-order valence-electron chi connectivity index (χ1n) is 6.31. The van der Waals surface area contributed by atoms with Crippen LogP contribution < -0.4 is 5.73 Å². The van der Waals surface area contributed by atoms with Crippen LogP contribution in [-0.2, 0) is 11.3 Å². The van der Waals surface area contributed by atoms with Crippen LogP contribution in [0.25, 0.3) is 0 Å². The average molecular weight is 238 g/mol. The number of esters is 1. The van der Waals surface area contributed by atoms with Crippen LogP contribution in [0.2, 0.25) is 0 Å². The van der Waals surface area contributed by atoms with E-state index in [2.05, 4.69) is 6.92 Å². The third kappa shape index (κ3) is 4.13. The number of aryl methyl sites for hydroxylation is 1. The third-order valence-electron chi connectivity index (χ3n) is 2.70. The zero-order chi connectivity index (χ0) is 12.7. The highest BCUT2D eigenvalue weighted by Gasteiger charge is 2.12. The Kier molecular flexibility index (Phi) is 5.60. The molecule has 0 amide bonds. The molecule has 17 heavy (non-hydrogen) atoms. The summed E-state index contributed by atoms with van der Waals surface area (Å²) in [4.78, 5) is 11.8. The number of hydrogen-bond donors (Lipinski definition) is 1. The molecule has 0 aliphatic rings. The van der Waals surface area contributed by atoms with E-state index in [1.54, 1.807) is 12.3 Å². The molecule has 4 nitrogen and oxygen atoms in total. The molecule has 1 aromatic rings. The second-order valence-electron chi connectivity index (χ2n) is 4.14. The molecular weight excluding hydrogens is 216 g/mol. The van der Waals surface area contributed by atoms with Crippen molar-refractivity contribution in [3.8, 4) is 0 Å². The van der Waals surface area contributed by atoms with Gasteiger partial charge in [-0.2, -0.15) is 0 Å². The van der Waals surface area contributed by atoms with Crippen LogP contribution in [0.15, 0.2) is 12.3 Å². The maximum atomic E-state index is 11.8. The van der Waals surface area contributed by atoms with E-state index >= 15 is 0 Å². The summed E-state index contributed by atoms with van der Waals surface area (Å²) >= 11 is 0. The number of rotatable bonds is 7. The molecule has 0 bridgehead atoms. The van der Waals surface area contributed by atoms with Gasteiger partial charge in [0.25, 0.3) is 0 Å². The summed E-state index contributed by atoms with van der Waals surface area (Å²) in [5.74, 6) is -0.278. The van der Waals surface area contributed by atoms with Gasteiger partial charge in [0.1, 0.15) is 5.69 Å². The van der Waals surface area contributed by atoms with Gasteiger partial charge in [0.05, 0.1) is 12.3 Å². The summed E-state index contributed by atoms with van der Waals surface area (Å²) < 4.78 is 7.02. The number of ether oxygens (including phenoxy) is 1. The minimum absolute atomic E-state index is 0.278. The maximum Gasteiger partial charge on any atom is 0.355 e. The van der Waals surface area contributed by atoms with Gasteiger partial charge in [-0.1, -0.05) is 26.2 Å². The monoisotopic (exact) mass is 238 g/mol. The van der Waals surface area contributed by atoms with Gasteiger partial charge in [-0.3, -0.25) is 0 Å². The predicted molar refractivity (Wildman–Crippen MR) is 68.9 cm³/mol. The zero-order valence-electron chi connectivity index (χ0n) is 10.7. The maximum absolute atomic E-state index is 11.8. The first kappa shape index (κ1) is 13.6. The van der Waals surface area contributed by atoms with E-state index < -0.39 is 0 Å². The number of carbonyl (C=O) groups is 1. The number of nitrogen functional groups attached to an aromatic ring is 1. The summed E-state index contributed by atoms with van der Waals surface area (Å²) in [5.41, 5.74) is 6.80. The summed E-state index contributed by atoms with van der Waals surface area (Å²) in [5, 5.41) is 0. The summed E-state index contributed by atoms with van der Waals surface area (Å²) in [6, 6.07) is 1.66. The Bertz CT molecular complexity index is 358. The van der Waals surface area contributed by atoms with Crippen molar-refractivity contribution in [2.75, 3.05) is 12.3 Å².